The molecule has 1 fully saturated rings. The molecule has 2 aromatic rings. The van der Waals surface area contributed by atoms with Crippen LogP contribution < -0.4 is 10.1 Å². The average molecular weight is 475 g/mol. The van der Waals surface area contributed by atoms with Gasteiger partial charge in [0.2, 0.25) is 15.9 Å². The summed E-state index contributed by atoms with van der Waals surface area (Å²) in [7, 11) is -3.79. The Kier molecular flexibility index (Phi) is 6.77. The lowest BCUT2D eigenvalue weighted by Gasteiger charge is -2.42. The molecule has 8 heteroatoms. The SMILES string of the molecule is CCC1(CC)C[C@H](NC(=O)[C@H]2CCCN(S(=O)(=O)c3ccc(F)cc3)C2)c2ccccc2O1. The molecular formula is C25H31FN2O4S. The van der Waals surface area contributed by atoms with E-state index >= 15 is 0 Å². The van der Waals surface area contributed by atoms with E-state index in [1.807, 2.05) is 24.3 Å². The highest BCUT2D eigenvalue weighted by Crippen LogP contribution is 2.42. The van der Waals surface area contributed by atoms with Crippen molar-refractivity contribution in [1.29, 1.82) is 0 Å². The smallest absolute Gasteiger partial charge is 0.243 e. The summed E-state index contributed by atoms with van der Waals surface area (Å²) >= 11 is 0. The molecule has 0 radical (unpaired) electrons. The number of amides is 1. The lowest BCUT2D eigenvalue weighted by molar-refractivity contribution is -0.127. The molecule has 2 aliphatic heterocycles. The van der Waals surface area contributed by atoms with Crippen molar-refractivity contribution in [3.8, 4) is 5.75 Å². The molecule has 0 aliphatic carbocycles. The molecule has 178 valence electrons. The Morgan fingerprint density at radius 2 is 1.85 bits per heavy atom. The maximum atomic E-state index is 13.3. The van der Waals surface area contributed by atoms with Gasteiger partial charge in [-0.1, -0.05) is 32.0 Å². The first-order valence-electron chi connectivity index (χ1n) is 11.6. The maximum absolute atomic E-state index is 13.3. The molecular weight excluding hydrogens is 443 g/mol. The van der Waals surface area contributed by atoms with Crippen LogP contribution in [0.4, 0.5) is 4.39 Å². The number of hydrogen-bond acceptors (Lipinski definition) is 4. The van der Waals surface area contributed by atoms with E-state index in [1.54, 1.807) is 0 Å². The zero-order valence-electron chi connectivity index (χ0n) is 19.1. The van der Waals surface area contributed by atoms with Crippen molar-refractivity contribution < 1.29 is 22.3 Å². The van der Waals surface area contributed by atoms with E-state index in [9.17, 15) is 17.6 Å². The standard InChI is InChI=1S/C25H31FN2O4S/c1-3-25(4-2)16-22(21-9-5-6-10-23(21)32-25)27-24(29)18-8-7-15-28(17-18)33(30,31)20-13-11-19(26)12-14-20/h5-6,9-14,18,22H,3-4,7-8,15-17H2,1-2H3,(H,27,29)/t18-,22-/m0/s1. The summed E-state index contributed by atoms with van der Waals surface area (Å²) in [5.41, 5.74) is 0.617. The van der Waals surface area contributed by atoms with E-state index in [4.69, 9.17) is 4.74 Å². The van der Waals surface area contributed by atoms with Gasteiger partial charge >= 0.3 is 0 Å². The van der Waals surface area contributed by atoms with Gasteiger partial charge in [0.15, 0.2) is 0 Å². The third-order valence-electron chi connectivity index (χ3n) is 7.01. The molecule has 0 saturated carbocycles. The quantitative estimate of drug-likeness (QED) is 0.672. The number of ether oxygens (including phenoxy) is 1. The summed E-state index contributed by atoms with van der Waals surface area (Å²) in [5, 5.41) is 3.20. The summed E-state index contributed by atoms with van der Waals surface area (Å²) in [6.45, 7) is 4.65. The lowest BCUT2D eigenvalue weighted by Crippen LogP contribution is -2.49. The second-order valence-electron chi connectivity index (χ2n) is 8.95. The Hall–Kier alpha value is -2.45. The van der Waals surface area contributed by atoms with Gasteiger partial charge in [0, 0.05) is 25.1 Å². The first-order chi connectivity index (χ1) is 15.8. The summed E-state index contributed by atoms with van der Waals surface area (Å²) < 4.78 is 47.0. The first kappa shape index (κ1) is 23.7. The number of para-hydroxylation sites is 1. The third kappa shape index (κ3) is 4.77. The van der Waals surface area contributed by atoms with Gasteiger partial charge in [-0.3, -0.25) is 4.79 Å². The van der Waals surface area contributed by atoms with Crippen LogP contribution >= 0.6 is 0 Å². The summed E-state index contributed by atoms with van der Waals surface area (Å²) in [5.74, 6) is -0.280. The van der Waals surface area contributed by atoms with Gasteiger partial charge in [-0.25, -0.2) is 12.8 Å². The Morgan fingerprint density at radius 1 is 1.15 bits per heavy atom. The van der Waals surface area contributed by atoms with Crippen LogP contribution in [0.5, 0.6) is 5.75 Å². The van der Waals surface area contributed by atoms with Gasteiger partial charge in [-0.2, -0.15) is 4.31 Å². The predicted octanol–water partition coefficient (Wildman–Crippen LogP) is 4.43. The molecule has 1 N–H and O–H groups in total. The summed E-state index contributed by atoms with van der Waals surface area (Å²) in [6.07, 6.45) is 3.55. The molecule has 0 spiro atoms. The monoisotopic (exact) mass is 474 g/mol. The van der Waals surface area contributed by atoms with Crippen molar-refractivity contribution in [1.82, 2.24) is 9.62 Å². The van der Waals surface area contributed by atoms with Crippen LogP contribution in [0.15, 0.2) is 53.4 Å². The third-order valence-corrected chi connectivity index (χ3v) is 8.89. The number of fused-ring (bicyclic) bond motifs is 1. The van der Waals surface area contributed by atoms with E-state index in [0.29, 0.717) is 25.8 Å². The van der Waals surface area contributed by atoms with Crippen LogP contribution in [0.2, 0.25) is 0 Å². The van der Waals surface area contributed by atoms with Gasteiger partial charge in [0.05, 0.1) is 16.9 Å². The van der Waals surface area contributed by atoms with Gasteiger partial charge in [0.1, 0.15) is 17.2 Å². The van der Waals surface area contributed by atoms with Crippen LogP contribution in [0, 0.1) is 11.7 Å². The Balaban J connectivity index is 1.51. The number of nitrogens with one attached hydrogen (secondary N) is 1. The van der Waals surface area contributed by atoms with Gasteiger partial charge in [-0.05, 0) is 56.0 Å². The fraction of sp³-hybridized carbons (Fsp3) is 0.480. The Bertz CT molecular complexity index is 1100. The number of halogens is 1. The number of carbonyl (C=O) groups is 1. The van der Waals surface area contributed by atoms with Crippen molar-refractivity contribution in [2.45, 2.75) is 62.5 Å². The molecule has 1 amide bonds. The van der Waals surface area contributed by atoms with Crippen LogP contribution in [-0.4, -0.2) is 37.3 Å². The molecule has 2 heterocycles. The number of rotatable bonds is 6. The van der Waals surface area contributed by atoms with Gasteiger partial charge in [0.25, 0.3) is 0 Å². The number of nitrogens with zero attached hydrogens (tertiary/aromatic N) is 1. The Labute approximate surface area is 195 Å². The largest absolute Gasteiger partial charge is 0.487 e. The highest BCUT2D eigenvalue weighted by Gasteiger charge is 2.40. The van der Waals surface area contributed by atoms with E-state index in [0.717, 1.165) is 36.3 Å². The summed E-state index contributed by atoms with van der Waals surface area (Å²) in [4.78, 5) is 13.3. The van der Waals surface area contributed by atoms with E-state index in [-0.39, 0.29) is 29.0 Å². The fourth-order valence-corrected chi connectivity index (χ4v) is 6.37. The second-order valence-corrected chi connectivity index (χ2v) is 10.9. The van der Waals surface area contributed by atoms with Crippen molar-refractivity contribution >= 4 is 15.9 Å². The first-order valence-corrected chi connectivity index (χ1v) is 13.1. The number of sulfonamides is 1. The van der Waals surface area contributed by atoms with Crippen LogP contribution in [-0.2, 0) is 14.8 Å². The van der Waals surface area contributed by atoms with E-state index in [2.05, 4.69) is 19.2 Å². The lowest BCUT2D eigenvalue weighted by atomic mass is 9.83. The molecule has 6 nitrogen and oxygen atoms in total. The van der Waals surface area contributed by atoms with Crippen LogP contribution in [0.25, 0.3) is 0 Å². The minimum absolute atomic E-state index is 0.0407. The zero-order valence-corrected chi connectivity index (χ0v) is 19.9. The Morgan fingerprint density at radius 3 is 2.55 bits per heavy atom. The van der Waals surface area contributed by atoms with E-state index < -0.39 is 21.8 Å². The molecule has 4 rings (SSSR count). The topological polar surface area (TPSA) is 75.7 Å². The normalized spacial score (nSPS) is 22.8. The summed E-state index contributed by atoms with van der Waals surface area (Å²) in [6, 6.07) is 12.4. The van der Waals surface area contributed by atoms with Gasteiger partial charge in [-0.15, -0.1) is 0 Å². The highest BCUT2D eigenvalue weighted by molar-refractivity contribution is 7.89. The average Bonchev–Trinajstić information content (AvgIpc) is 2.84. The van der Waals surface area contributed by atoms with Crippen LogP contribution in [0.1, 0.15) is 57.6 Å². The van der Waals surface area contributed by atoms with Crippen molar-refractivity contribution in [3.05, 3.63) is 59.9 Å². The molecule has 0 unspecified atom stereocenters. The highest BCUT2D eigenvalue weighted by atomic mass is 32.2. The predicted molar refractivity (Wildman–Crippen MR) is 124 cm³/mol. The number of benzene rings is 2. The van der Waals surface area contributed by atoms with Crippen molar-refractivity contribution in [2.24, 2.45) is 5.92 Å². The molecule has 0 aromatic heterocycles. The number of carbonyl (C=O) groups excluding carboxylic acids is 1. The zero-order chi connectivity index (χ0) is 23.6. The molecule has 1 saturated heterocycles. The fourth-order valence-electron chi connectivity index (χ4n) is 4.85. The number of hydrogen-bond donors (Lipinski definition) is 1. The van der Waals surface area contributed by atoms with Crippen molar-refractivity contribution in [2.75, 3.05) is 13.1 Å². The maximum Gasteiger partial charge on any atom is 0.243 e. The minimum atomic E-state index is -3.79. The molecule has 33 heavy (non-hydrogen) atoms. The van der Waals surface area contributed by atoms with Crippen molar-refractivity contribution in [3.63, 3.8) is 0 Å². The molecule has 2 atom stereocenters. The molecule has 0 bridgehead atoms. The second kappa shape index (κ2) is 9.43. The van der Waals surface area contributed by atoms with Gasteiger partial charge < -0.3 is 10.1 Å². The molecule has 2 aromatic carbocycles. The van der Waals surface area contributed by atoms with Crippen LogP contribution in [0.3, 0.4) is 0 Å². The minimum Gasteiger partial charge on any atom is -0.487 e. The number of piperidine rings is 1. The molecule has 2 aliphatic rings. The van der Waals surface area contributed by atoms with E-state index in [1.165, 1.54) is 16.4 Å².